The topological polar surface area (TPSA) is 0 Å². The fourth-order valence-corrected chi connectivity index (χ4v) is 2.09. The van der Waals surface area contributed by atoms with Crippen molar-refractivity contribution < 1.29 is 21.1 Å². The Morgan fingerprint density at radius 1 is 0.857 bits per heavy atom. The molecule has 0 nitrogen and oxygen atoms in total. The molecule has 0 spiro atoms. The zero-order chi connectivity index (χ0) is 10.6. The SMILES string of the molecule is CCCCCCCCCCC[CH](S)[Ag]. The van der Waals surface area contributed by atoms with Gasteiger partial charge in [0.05, 0.1) is 0 Å². The van der Waals surface area contributed by atoms with Gasteiger partial charge >= 0.3 is 108 Å². The van der Waals surface area contributed by atoms with Gasteiger partial charge in [0.25, 0.3) is 0 Å². The van der Waals surface area contributed by atoms with Crippen LogP contribution in [0.15, 0.2) is 0 Å². The van der Waals surface area contributed by atoms with Crippen LogP contribution in [0.3, 0.4) is 0 Å². The molecule has 0 fully saturated rings. The molecule has 0 bridgehead atoms. The van der Waals surface area contributed by atoms with E-state index in [1.54, 1.807) is 0 Å². The molecule has 0 aliphatic rings. The average molecular weight is 309 g/mol. The van der Waals surface area contributed by atoms with E-state index in [1.165, 1.54) is 64.2 Å². The van der Waals surface area contributed by atoms with E-state index in [4.69, 9.17) is 0 Å². The van der Waals surface area contributed by atoms with Crippen molar-refractivity contribution >= 4 is 12.6 Å². The minimum atomic E-state index is 0.407. The van der Waals surface area contributed by atoms with E-state index in [9.17, 15) is 0 Å². The van der Waals surface area contributed by atoms with Crippen LogP contribution < -0.4 is 0 Å². The fourth-order valence-electron chi connectivity index (χ4n) is 1.61. The molecule has 14 heavy (non-hydrogen) atoms. The number of rotatable bonds is 10. The third-order valence-corrected chi connectivity index (χ3v) is 3.21. The van der Waals surface area contributed by atoms with Gasteiger partial charge in [-0.25, -0.2) is 0 Å². The van der Waals surface area contributed by atoms with Crippen molar-refractivity contribution in [3.05, 3.63) is 0 Å². The van der Waals surface area contributed by atoms with Crippen molar-refractivity contribution in [2.75, 3.05) is 0 Å². The molecular formula is C12H25AgS. The Morgan fingerprint density at radius 3 is 1.71 bits per heavy atom. The summed E-state index contributed by atoms with van der Waals surface area (Å²) in [6.45, 7) is 2.27. The van der Waals surface area contributed by atoms with Crippen molar-refractivity contribution in [1.82, 2.24) is 0 Å². The number of unbranched alkanes of at least 4 members (excludes halogenated alkanes) is 8. The molecule has 0 saturated heterocycles. The first kappa shape index (κ1) is 15.1. The van der Waals surface area contributed by atoms with Crippen LogP contribution in [0.5, 0.6) is 0 Å². The monoisotopic (exact) mass is 308 g/mol. The molecule has 2 heteroatoms. The first-order valence-electron chi connectivity index (χ1n) is 6.05. The van der Waals surface area contributed by atoms with Crippen LogP contribution in [0, 0.1) is 0 Å². The van der Waals surface area contributed by atoms with E-state index in [-0.39, 0.29) is 0 Å². The second-order valence-electron chi connectivity index (χ2n) is 4.00. The van der Waals surface area contributed by atoms with Crippen LogP contribution >= 0.6 is 12.6 Å². The van der Waals surface area contributed by atoms with Crippen LogP contribution in [0.1, 0.15) is 71.1 Å². The van der Waals surface area contributed by atoms with Crippen molar-refractivity contribution in [2.45, 2.75) is 74.6 Å². The molecule has 0 aromatic heterocycles. The molecule has 0 aromatic rings. The Kier molecular flexibility index (Phi) is 13.1. The third kappa shape index (κ3) is 13.1. The van der Waals surface area contributed by atoms with Gasteiger partial charge in [0, 0.05) is 0 Å². The Bertz CT molecular complexity index is 104. The van der Waals surface area contributed by atoms with Gasteiger partial charge in [0.1, 0.15) is 0 Å². The van der Waals surface area contributed by atoms with Gasteiger partial charge in [-0.15, -0.1) is 0 Å². The summed E-state index contributed by atoms with van der Waals surface area (Å²) in [5.41, 5.74) is 0. The number of thiol groups is 1. The first-order chi connectivity index (χ1) is 6.77. The zero-order valence-corrected chi connectivity index (χ0v) is 11.8. The Morgan fingerprint density at radius 2 is 1.29 bits per heavy atom. The molecule has 0 radical (unpaired) electrons. The standard InChI is InChI=1S/C12H25S.Ag/c1-2-3-4-5-6-7-8-9-10-11-12-13;/h12-13H,2-11H2,1H3;. The summed E-state index contributed by atoms with van der Waals surface area (Å²) in [5.74, 6) is 0. The van der Waals surface area contributed by atoms with Gasteiger partial charge in [0.15, 0.2) is 0 Å². The third-order valence-electron chi connectivity index (χ3n) is 2.52. The van der Waals surface area contributed by atoms with E-state index in [1.807, 2.05) is 0 Å². The van der Waals surface area contributed by atoms with Crippen molar-refractivity contribution in [2.24, 2.45) is 0 Å². The molecule has 0 rings (SSSR count). The molecule has 0 amide bonds. The number of hydrogen-bond donors (Lipinski definition) is 1. The predicted octanol–water partition coefficient (Wildman–Crippen LogP) is 4.71. The zero-order valence-electron chi connectivity index (χ0n) is 9.40. The molecule has 1 atom stereocenters. The summed E-state index contributed by atoms with van der Waals surface area (Å²) < 4.78 is 0.407. The maximum atomic E-state index is 4.30. The van der Waals surface area contributed by atoms with E-state index in [0.717, 1.165) is 0 Å². The van der Waals surface area contributed by atoms with Crippen LogP contribution in [-0.4, -0.2) is 3.47 Å². The van der Waals surface area contributed by atoms with Crippen molar-refractivity contribution in [3.63, 3.8) is 0 Å². The van der Waals surface area contributed by atoms with Gasteiger partial charge in [-0.3, -0.25) is 0 Å². The summed E-state index contributed by atoms with van der Waals surface area (Å²) in [7, 11) is 0. The van der Waals surface area contributed by atoms with Crippen molar-refractivity contribution in [3.8, 4) is 0 Å². The molecule has 0 N–H and O–H groups in total. The molecule has 0 aromatic carbocycles. The van der Waals surface area contributed by atoms with Crippen LogP contribution in [-0.2, 0) is 21.1 Å². The Hall–Kier alpha value is 1.09. The minimum absolute atomic E-state index is 0.407. The molecule has 0 aliphatic heterocycles. The fraction of sp³-hybridized carbons (Fsp3) is 1.00. The molecule has 90 valence electrons. The summed E-state index contributed by atoms with van der Waals surface area (Å²) in [4.78, 5) is 0. The molecule has 0 heterocycles. The van der Waals surface area contributed by atoms with E-state index >= 15 is 0 Å². The van der Waals surface area contributed by atoms with Gasteiger partial charge in [-0.1, -0.05) is 0 Å². The van der Waals surface area contributed by atoms with E-state index in [0.29, 0.717) is 3.47 Å². The summed E-state index contributed by atoms with van der Waals surface area (Å²) in [5, 5.41) is 0. The molecule has 1 unspecified atom stereocenters. The molecular weight excluding hydrogens is 284 g/mol. The van der Waals surface area contributed by atoms with Crippen molar-refractivity contribution in [1.29, 1.82) is 0 Å². The second kappa shape index (κ2) is 12.2. The van der Waals surface area contributed by atoms with Crippen LogP contribution in [0.4, 0.5) is 0 Å². The number of hydrogen-bond acceptors (Lipinski definition) is 1. The normalized spacial score (nSPS) is 13.1. The van der Waals surface area contributed by atoms with E-state index < -0.39 is 0 Å². The summed E-state index contributed by atoms with van der Waals surface area (Å²) in [6.07, 6.45) is 13.9. The van der Waals surface area contributed by atoms with Gasteiger partial charge in [-0.05, 0) is 0 Å². The van der Waals surface area contributed by atoms with Crippen LogP contribution in [0.25, 0.3) is 0 Å². The quantitative estimate of drug-likeness (QED) is 0.337. The maximum absolute atomic E-state index is 4.30. The summed E-state index contributed by atoms with van der Waals surface area (Å²) >= 11 is 7.76. The van der Waals surface area contributed by atoms with Gasteiger partial charge in [-0.2, -0.15) is 0 Å². The molecule has 0 saturated carbocycles. The summed E-state index contributed by atoms with van der Waals surface area (Å²) in [6, 6.07) is 0. The average Bonchev–Trinajstić information content (AvgIpc) is 2.15. The Balaban J connectivity index is 2.85. The predicted molar refractivity (Wildman–Crippen MR) is 64.6 cm³/mol. The molecule has 0 aliphatic carbocycles. The Labute approximate surface area is 108 Å². The van der Waals surface area contributed by atoms with Gasteiger partial charge in [0.2, 0.25) is 0 Å². The second-order valence-corrected chi connectivity index (χ2v) is 6.27. The first-order valence-corrected chi connectivity index (χ1v) is 7.42. The van der Waals surface area contributed by atoms with Crippen LogP contribution in [0.2, 0.25) is 0 Å². The van der Waals surface area contributed by atoms with Gasteiger partial charge < -0.3 is 0 Å². The van der Waals surface area contributed by atoms with E-state index in [2.05, 4.69) is 40.6 Å².